The lowest BCUT2D eigenvalue weighted by atomic mass is 9.67. The second-order valence-electron chi connectivity index (χ2n) is 6.75. The molecule has 3 rings (SSSR count). The van der Waals surface area contributed by atoms with Gasteiger partial charge in [-0.15, -0.1) is 8.58 Å². The van der Waals surface area contributed by atoms with Gasteiger partial charge in [-0.1, -0.05) is 23.8 Å². The maximum absolute atomic E-state index is 12.6. The summed E-state index contributed by atoms with van der Waals surface area (Å²) in [4.78, 5) is 24.4. The van der Waals surface area contributed by atoms with E-state index in [9.17, 15) is 9.59 Å². The molecule has 2 nitrogen and oxygen atoms in total. The highest BCUT2D eigenvalue weighted by Gasteiger charge is 2.40. The van der Waals surface area contributed by atoms with Crippen molar-refractivity contribution in [2.75, 3.05) is 12.3 Å². The van der Waals surface area contributed by atoms with Crippen LogP contribution in [0.25, 0.3) is 0 Å². The van der Waals surface area contributed by atoms with Crippen LogP contribution in [0, 0.1) is 12.8 Å². The normalized spacial score (nSPS) is 29.9. The molecule has 0 N–H and O–H groups in total. The molecule has 2 aliphatic rings. The van der Waals surface area contributed by atoms with E-state index in [2.05, 4.69) is 32.0 Å². The predicted molar refractivity (Wildman–Crippen MR) is 87.6 cm³/mol. The molecule has 1 aromatic rings. The first-order valence-electron chi connectivity index (χ1n) is 7.87. The van der Waals surface area contributed by atoms with Crippen LogP contribution < -0.4 is 0 Å². The van der Waals surface area contributed by atoms with Crippen molar-refractivity contribution >= 4 is 20.1 Å². The molecule has 21 heavy (non-hydrogen) atoms. The highest BCUT2D eigenvalue weighted by atomic mass is 31.1. The summed E-state index contributed by atoms with van der Waals surface area (Å²) in [5.41, 5.74) is 3.42. The molecule has 0 bridgehead atoms. The monoisotopic (exact) mass is 302 g/mol. The zero-order chi connectivity index (χ0) is 15.0. The number of benzene rings is 1. The summed E-state index contributed by atoms with van der Waals surface area (Å²) in [7, 11) is 0.799. The molecule has 2 unspecified atom stereocenters. The van der Waals surface area contributed by atoms with Crippen LogP contribution in [-0.2, 0) is 21.4 Å². The Kier molecular flexibility index (Phi) is 4.01. The smallest absolute Gasteiger partial charge is 0.143 e. The van der Waals surface area contributed by atoms with E-state index < -0.39 is 0 Å². The number of aryl methyl sites for hydroxylation is 2. The average Bonchev–Trinajstić information content (AvgIpc) is 2.86. The van der Waals surface area contributed by atoms with E-state index in [1.54, 1.807) is 0 Å². The lowest BCUT2D eigenvalue weighted by Gasteiger charge is -2.35. The number of ketones is 2. The van der Waals surface area contributed by atoms with Gasteiger partial charge in [-0.3, -0.25) is 9.59 Å². The highest BCUT2D eigenvalue weighted by molar-refractivity contribution is 7.40. The first-order chi connectivity index (χ1) is 10.0. The standard InChI is InChI=1S/C18H23O2P/c1-12-3-5-15-13(9-12)4-6-17(20)18(15,2)8-7-14-10-21-11-16(14)19/h3,5,9,14,21H,4,6-8,10-11H2,1-2H3/t14?,18-/m0/s1. The Hall–Kier alpha value is -1.01. The summed E-state index contributed by atoms with van der Waals surface area (Å²) >= 11 is 0. The largest absolute Gasteiger partial charge is 0.299 e. The van der Waals surface area contributed by atoms with Gasteiger partial charge in [0.2, 0.25) is 0 Å². The minimum Gasteiger partial charge on any atom is -0.299 e. The second-order valence-corrected chi connectivity index (χ2v) is 8.01. The number of fused-ring (bicyclic) bond motifs is 1. The van der Waals surface area contributed by atoms with Crippen molar-refractivity contribution in [1.82, 2.24) is 0 Å². The molecule has 3 heteroatoms. The Labute approximate surface area is 128 Å². The van der Waals surface area contributed by atoms with Crippen molar-refractivity contribution in [2.24, 2.45) is 5.92 Å². The van der Waals surface area contributed by atoms with E-state index >= 15 is 0 Å². The van der Waals surface area contributed by atoms with E-state index in [1.807, 2.05) is 0 Å². The maximum Gasteiger partial charge on any atom is 0.143 e. The molecule has 0 radical (unpaired) electrons. The Morgan fingerprint density at radius 2 is 2.10 bits per heavy atom. The van der Waals surface area contributed by atoms with Gasteiger partial charge in [-0.2, -0.15) is 0 Å². The minimum absolute atomic E-state index is 0.212. The van der Waals surface area contributed by atoms with Crippen molar-refractivity contribution in [3.05, 3.63) is 34.9 Å². The molecule has 0 aromatic heterocycles. The molecular formula is C18H23O2P. The Bertz CT molecular complexity index is 593. The number of hydrogen-bond donors (Lipinski definition) is 0. The molecule has 1 fully saturated rings. The van der Waals surface area contributed by atoms with Crippen LogP contribution in [0.5, 0.6) is 0 Å². The van der Waals surface area contributed by atoms with Crippen LogP contribution in [0.15, 0.2) is 18.2 Å². The summed E-state index contributed by atoms with van der Waals surface area (Å²) in [6, 6.07) is 6.47. The van der Waals surface area contributed by atoms with Crippen molar-refractivity contribution < 1.29 is 9.59 Å². The first-order valence-corrected chi connectivity index (χ1v) is 9.29. The highest BCUT2D eigenvalue weighted by Crippen LogP contribution is 2.41. The fourth-order valence-electron chi connectivity index (χ4n) is 3.77. The predicted octanol–water partition coefficient (Wildman–Crippen LogP) is 3.43. The van der Waals surface area contributed by atoms with Gasteiger partial charge in [0.25, 0.3) is 0 Å². The SMILES string of the molecule is Cc1ccc2c(c1)CCC(=O)[C@@]2(C)CCC1CPCC1=O. The Morgan fingerprint density at radius 1 is 1.29 bits per heavy atom. The number of carbonyl (C=O) groups excluding carboxylic acids is 2. The third-order valence-corrected chi connectivity index (χ3v) is 6.61. The number of hydrogen-bond acceptors (Lipinski definition) is 2. The van der Waals surface area contributed by atoms with Gasteiger partial charge in [0.1, 0.15) is 11.6 Å². The van der Waals surface area contributed by atoms with Crippen LogP contribution in [0.2, 0.25) is 0 Å². The molecule has 1 aromatic carbocycles. The first kappa shape index (κ1) is 14.9. The molecule has 0 saturated carbocycles. The van der Waals surface area contributed by atoms with Gasteiger partial charge in [0, 0.05) is 18.5 Å². The number of rotatable bonds is 3. The van der Waals surface area contributed by atoms with Gasteiger partial charge in [0.15, 0.2) is 0 Å². The fourth-order valence-corrected chi connectivity index (χ4v) is 5.23. The van der Waals surface area contributed by atoms with Gasteiger partial charge >= 0.3 is 0 Å². The lowest BCUT2D eigenvalue weighted by Crippen LogP contribution is -2.38. The zero-order valence-electron chi connectivity index (χ0n) is 12.9. The van der Waals surface area contributed by atoms with Crippen molar-refractivity contribution in [3.8, 4) is 0 Å². The third kappa shape index (κ3) is 2.71. The molecule has 1 aliphatic heterocycles. The topological polar surface area (TPSA) is 34.1 Å². The summed E-state index contributed by atoms with van der Waals surface area (Å²) in [5, 5.41) is 0. The van der Waals surface area contributed by atoms with E-state index in [4.69, 9.17) is 0 Å². The van der Waals surface area contributed by atoms with Gasteiger partial charge < -0.3 is 0 Å². The van der Waals surface area contributed by atoms with Gasteiger partial charge in [0.05, 0.1) is 5.41 Å². The fraction of sp³-hybridized carbons (Fsp3) is 0.556. The van der Waals surface area contributed by atoms with E-state index in [0.717, 1.165) is 40.2 Å². The number of carbonyl (C=O) groups is 2. The molecule has 3 atom stereocenters. The van der Waals surface area contributed by atoms with Crippen LogP contribution in [0.1, 0.15) is 42.9 Å². The van der Waals surface area contributed by atoms with Crippen LogP contribution in [0.3, 0.4) is 0 Å². The average molecular weight is 302 g/mol. The van der Waals surface area contributed by atoms with Crippen LogP contribution in [-0.4, -0.2) is 23.9 Å². The third-order valence-electron chi connectivity index (χ3n) is 5.23. The summed E-state index contributed by atoms with van der Waals surface area (Å²) < 4.78 is 0. The molecule has 0 spiro atoms. The molecule has 1 saturated heterocycles. The maximum atomic E-state index is 12.6. The number of Topliss-reactive ketones (excluding diaryl/α,β-unsaturated/α-hetero) is 2. The minimum atomic E-state index is -0.382. The van der Waals surface area contributed by atoms with E-state index in [-0.39, 0.29) is 11.3 Å². The van der Waals surface area contributed by atoms with Crippen molar-refractivity contribution in [3.63, 3.8) is 0 Å². The van der Waals surface area contributed by atoms with Crippen molar-refractivity contribution in [2.45, 2.75) is 44.9 Å². The Balaban J connectivity index is 1.85. The summed E-state index contributed by atoms with van der Waals surface area (Å²) in [6.45, 7) is 4.19. The zero-order valence-corrected chi connectivity index (χ0v) is 13.9. The summed E-state index contributed by atoms with van der Waals surface area (Å²) in [6.07, 6.45) is 5.03. The van der Waals surface area contributed by atoms with Gasteiger partial charge in [-0.25, -0.2) is 0 Å². The van der Waals surface area contributed by atoms with Crippen LogP contribution in [0.4, 0.5) is 0 Å². The second kappa shape index (κ2) is 5.65. The van der Waals surface area contributed by atoms with Crippen LogP contribution >= 0.6 is 8.58 Å². The molecule has 1 aliphatic carbocycles. The summed E-state index contributed by atoms with van der Waals surface area (Å²) in [5.74, 6) is 0.986. The Morgan fingerprint density at radius 3 is 2.81 bits per heavy atom. The molecule has 1 heterocycles. The lowest BCUT2D eigenvalue weighted by molar-refractivity contribution is -0.125. The molecule has 0 amide bonds. The quantitative estimate of drug-likeness (QED) is 0.802. The van der Waals surface area contributed by atoms with Crippen molar-refractivity contribution in [1.29, 1.82) is 0 Å². The van der Waals surface area contributed by atoms with Gasteiger partial charge in [-0.05, 0) is 50.4 Å². The molecular weight excluding hydrogens is 279 g/mol. The van der Waals surface area contributed by atoms with E-state index in [1.165, 1.54) is 16.7 Å². The molecule has 112 valence electrons. The van der Waals surface area contributed by atoms with E-state index in [0.29, 0.717) is 18.0 Å².